The molecule has 0 atom stereocenters. The molecule has 0 amide bonds. The van der Waals surface area contributed by atoms with Crippen LogP contribution in [0.1, 0.15) is 25.2 Å². The van der Waals surface area contributed by atoms with Crippen LogP contribution in [0.2, 0.25) is 5.02 Å². The van der Waals surface area contributed by atoms with Gasteiger partial charge in [0.05, 0.1) is 17.7 Å². The van der Waals surface area contributed by atoms with Crippen LogP contribution in [-0.2, 0) is 6.54 Å². The molecule has 4 nitrogen and oxygen atoms in total. The Bertz CT molecular complexity index is 630. The zero-order valence-electron chi connectivity index (χ0n) is 12.4. The number of rotatable bonds is 5. The summed E-state index contributed by atoms with van der Waals surface area (Å²) in [5, 5.41) is 13.5. The van der Waals surface area contributed by atoms with Crippen LogP contribution < -0.4 is 10.1 Å². The van der Waals surface area contributed by atoms with E-state index < -0.39 is 0 Å². The molecule has 2 N–H and O–H groups in total. The fraction of sp³-hybridized carbons (Fsp3) is 0.312. The molecule has 0 saturated carbocycles. The summed E-state index contributed by atoms with van der Waals surface area (Å²) in [6.45, 7) is 6.22. The first-order valence-corrected chi connectivity index (χ1v) is 7.19. The van der Waals surface area contributed by atoms with Crippen LogP contribution in [0.15, 0.2) is 30.3 Å². The van der Waals surface area contributed by atoms with Gasteiger partial charge in [0.1, 0.15) is 17.2 Å². The molecule has 21 heavy (non-hydrogen) atoms. The van der Waals surface area contributed by atoms with E-state index in [1.807, 2.05) is 32.9 Å². The third-order valence-electron chi connectivity index (χ3n) is 2.84. The maximum absolute atomic E-state index is 9.76. The van der Waals surface area contributed by atoms with Gasteiger partial charge in [0, 0.05) is 11.4 Å². The minimum atomic E-state index is 0.0785. The number of halogens is 1. The number of hydrogen-bond acceptors (Lipinski definition) is 4. The first-order valence-electron chi connectivity index (χ1n) is 6.81. The summed E-state index contributed by atoms with van der Waals surface area (Å²) in [7, 11) is 0. The van der Waals surface area contributed by atoms with Crippen molar-refractivity contribution in [3.63, 3.8) is 0 Å². The fourth-order valence-corrected chi connectivity index (χ4v) is 2.10. The van der Waals surface area contributed by atoms with Crippen LogP contribution in [0.5, 0.6) is 11.5 Å². The minimum Gasteiger partial charge on any atom is -0.506 e. The van der Waals surface area contributed by atoms with Crippen LogP contribution in [0, 0.1) is 6.92 Å². The van der Waals surface area contributed by atoms with Crippen molar-refractivity contribution in [2.75, 3.05) is 5.32 Å². The summed E-state index contributed by atoms with van der Waals surface area (Å²) in [5.41, 5.74) is 2.32. The molecule has 0 spiro atoms. The molecule has 2 aromatic rings. The Kier molecular flexibility index (Phi) is 4.91. The lowest BCUT2D eigenvalue weighted by atomic mass is 10.2. The summed E-state index contributed by atoms with van der Waals surface area (Å²) in [6.07, 6.45) is 0.0785. The zero-order chi connectivity index (χ0) is 15.4. The van der Waals surface area contributed by atoms with Crippen molar-refractivity contribution in [2.24, 2.45) is 0 Å². The molecule has 2 rings (SSSR count). The van der Waals surface area contributed by atoms with Crippen molar-refractivity contribution in [3.8, 4) is 11.5 Å². The SMILES string of the molecule is Cc1ccc(O)c(CNc2ccc(OC(C)C)c(Cl)c2)n1. The normalized spacial score (nSPS) is 10.7. The van der Waals surface area contributed by atoms with Crippen LogP contribution in [0.25, 0.3) is 0 Å². The van der Waals surface area contributed by atoms with E-state index in [1.165, 1.54) is 0 Å². The van der Waals surface area contributed by atoms with Gasteiger partial charge in [0.15, 0.2) is 0 Å². The summed E-state index contributed by atoms with van der Waals surface area (Å²) < 4.78 is 5.59. The molecule has 1 aromatic carbocycles. The number of aromatic hydroxyl groups is 1. The number of benzene rings is 1. The van der Waals surface area contributed by atoms with Crippen LogP contribution >= 0.6 is 11.6 Å². The molecule has 0 unspecified atom stereocenters. The van der Waals surface area contributed by atoms with E-state index in [1.54, 1.807) is 18.2 Å². The summed E-state index contributed by atoms with van der Waals surface area (Å²) >= 11 is 6.18. The minimum absolute atomic E-state index is 0.0785. The second-order valence-corrected chi connectivity index (χ2v) is 5.49. The lowest BCUT2D eigenvalue weighted by Gasteiger charge is -2.13. The number of aromatic nitrogens is 1. The highest BCUT2D eigenvalue weighted by molar-refractivity contribution is 6.32. The number of ether oxygens (including phenoxy) is 1. The van der Waals surface area contributed by atoms with Gasteiger partial charge in [0.2, 0.25) is 0 Å². The van der Waals surface area contributed by atoms with Crippen molar-refractivity contribution >= 4 is 17.3 Å². The van der Waals surface area contributed by atoms with Crippen molar-refractivity contribution in [3.05, 3.63) is 46.7 Å². The van der Waals surface area contributed by atoms with E-state index in [2.05, 4.69) is 10.3 Å². The Morgan fingerprint density at radius 3 is 2.71 bits per heavy atom. The predicted octanol–water partition coefficient (Wildman–Crippen LogP) is 4.15. The van der Waals surface area contributed by atoms with Crippen molar-refractivity contribution in [1.82, 2.24) is 4.98 Å². The smallest absolute Gasteiger partial charge is 0.138 e. The molecule has 0 saturated heterocycles. The molecule has 0 bridgehead atoms. The highest BCUT2D eigenvalue weighted by Gasteiger charge is 2.07. The number of hydrogen-bond donors (Lipinski definition) is 2. The molecule has 0 radical (unpaired) electrons. The van der Waals surface area contributed by atoms with Gasteiger partial charge in [-0.1, -0.05) is 11.6 Å². The number of pyridine rings is 1. The first kappa shape index (κ1) is 15.4. The van der Waals surface area contributed by atoms with Crippen molar-refractivity contribution < 1.29 is 9.84 Å². The van der Waals surface area contributed by atoms with Gasteiger partial charge in [-0.25, -0.2) is 0 Å². The van der Waals surface area contributed by atoms with E-state index in [-0.39, 0.29) is 11.9 Å². The lowest BCUT2D eigenvalue weighted by Crippen LogP contribution is -2.06. The Hall–Kier alpha value is -1.94. The molecule has 0 aliphatic carbocycles. The Balaban J connectivity index is 2.07. The largest absolute Gasteiger partial charge is 0.506 e. The van der Waals surface area contributed by atoms with Gasteiger partial charge >= 0.3 is 0 Å². The first-order chi connectivity index (χ1) is 9.95. The molecule has 5 heteroatoms. The van der Waals surface area contributed by atoms with E-state index >= 15 is 0 Å². The van der Waals surface area contributed by atoms with Crippen molar-refractivity contribution in [2.45, 2.75) is 33.4 Å². The molecule has 0 aliphatic heterocycles. The second-order valence-electron chi connectivity index (χ2n) is 5.08. The second kappa shape index (κ2) is 6.68. The van der Waals surface area contributed by atoms with Gasteiger partial charge in [-0.3, -0.25) is 4.98 Å². The monoisotopic (exact) mass is 306 g/mol. The average Bonchev–Trinajstić information content (AvgIpc) is 2.42. The Morgan fingerprint density at radius 2 is 2.05 bits per heavy atom. The highest BCUT2D eigenvalue weighted by atomic mass is 35.5. The Morgan fingerprint density at radius 1 is 1.29 bits per heavy atom. The Labute approximate surface area is 129 Å². The topological polar surface area (TPSA) is 54.4 Å². The summed E-state index contributed by atoms with van der Waals surface area (Å²) in [4.78, 5) is 4.30. The molecule has 0 fully saturated rings. The van der Waals surface area contributed by atoms with Crippen LogP contribution in [-0.4, -0.2) is 16.2 Å². The predicted molar refractivity (Wildman–Crippen MR) is 85.2 cm³/mol. The molecular weight excluding hydrogens is 288 g/mol. The average molecular weight is 307 g/mol. The summed E-state index contributed by atoms with van der Waals surface area (Å²) in [5.74, 6) is 0.840. The van der Waals surface area contributed by atoms with E-state index in [4.69, 9.17) is 16.3 Å². The van der Waals surface area contributed by atoms with E-state index in [0.29, 0.717) is 23.0 Å². The molecule has 1 aromatic heterocycles. The van der Waals surface area contributed by atoms with Gasteiger partial charge in [0.25, 0.3) is 0 Å². The van der Waals surface area contributed by atoms with Crippen LogP contribution in [0.3, 0.4) is 0 Å². The molecule has 112 valence electrons. The maximum Gasteiger partial charge on any atom is 0.138 e. The summed E-state index contributed by atoms with van der Waals surface area (Å²) in [6, 6.07) is 8.93. The number of nitrogens with zero attached hydrogens (tertiary/aromatic N) is 1. The number of aryl methyl sites for hydroxylation is 1. The van der Waals surface area contributed by atoms with Gasteiger partial charge < -0.3 is 15.2 Å². The number of anilines is 1. The number of nitrogens with one attached hydrogen (secondary N) is 1. The van der Waals surface area contributed by atoms with Gasteiger partial charge in [-0.2, -0.15) is 0 Å². The third kappa shape index (κ3) is 4.26. The highest BCUT2D eigenvalue weighted by Crippen LogP contribution is 2.29. The van der Waals surface area contributed by atoms with Gasteiger partial charge in [-0.05, 0) is 51.1 Å². The zero-order valence-corrected chi connectivity index (χ0v) is 13.1. The van der Waals surface area contributed by atoms with E-state index in [0.717, 1.165) is 11.4 Å². The van der Waals surface area contributed by atoms with E-state index in [9.17, 15) is 5.11 Å². The quantitative estimate of drug-likeness (QED) is 0.871. The standard InChI is InChI=1S/C16H19ClN2O2/c1-10(2)21-16-7-5-12(8-13(16)17)18-9-14-15(20)6-4-11(3)19-14/h4-8,10,18,20H,9H2,1-3H3. The third-order valence-corrected chi connectivity index (χ3v) is 3.14. The molecule has 1 heterocycles. The van der Waals surface area contributed by atoms with Gasteiger partial charge in [-0.15, -0.1) is 0 Å². The maximum atomic E-state index is 9.76. The lowest BCUT2D eigenvalue weighted by molar-refractivity contribution is 0.242. The van der Waals surface area contributed by atoms with Crippen LogP contribution in [0.4, 0.5) is 5.69 Å². The van der Waals surface area contributed by atoms with Crippen molar-refractivity contribution in [1.29, 1.82) is 0 Å². The molecule has 0 aliphatic rings. The fourth-order valence-electron chi connectivity index (χ4n) is 1.88. The molecular formula is C16H19ClN2O2.